The molecule has 3 nitrogen and oxygen atoms in total. The largest absolute Gasteiger partial charge is 0.339 e. The molecule has 1 saturated heterocycles. The van der Waals surface area contributed by atoms with Crippen LogP contribution < -0.4 is 5.32 Å². The van der Waals surface area contributed by atoms with E-state index in [9.17, 15) is 4.79 Å². The van der Waals surface area contributed by atoms with E-state index < -0.39 is 0 Å². The third-order valence-corrected chi connectivity index (χ3v) is 2.63. The van der Waals surface area contributed by atoms with Crippen LogP contribution >= 0.6 is 0 Å². The average molecular weight is 198 g/mol. The molecule has 1 heterocycles. The van der Waals surface area contributed by atoms with Crippen LogP contribution in [0.3, 0.4) is 0 Å². The van der Waals surface area contributed by atoms with E-state index in [0.717, 1.165) is 19.4 Å². The molecule has 0 saturated carbocycles. The number of amides is 1. The standard InChI is InChI=1S/C11H22N2O/c1-8(2)12-10-6-5-7-13(9(3)4)11(10)14/h8-10,12H,5-7H2,1-4H3. The second-order valence-corrected chi connectivity index (χ2v) is 4.64. The molecule has 14 heavy (non-hydrogen) atoms. The van der Waals surface area contributed by atoms with E-state index in [2.05, 4.69) is 33.0 Å². The Labute approximate surface area is 86.9 Å². The van der Waals surface area contributed by atoms with Crippen LogP contribution in [0.25, 0.3) is 0 Å². The van der Waals surface area contributed by atoms with Crippen molar-refractivity contribution in [3.63, 3.8) is 0 Å². The highest BCUT2D eigenvalue weighted by Crippen LogP contribution is 2.14. The Morgan fingerprint density at radius 3 is 2.50 bits per heavy atom. The molecule has 0 aromatic heterocycles. The summed E-state index contributed by atoms with van der Waals surface area (Å²) in [6.07, 6.45) is 2.11. The van der Waals surface area contributed by atoms with Gasteiger partial charge in [0.25, 0.3) is 0 Å². The van der Waals surface area contributed by atoms with Crippen LogP contribution in [-0.2, 0) is 4.79 Å². The third-order valence-electron chi connectivity index (χ3n) is 2.63. The van der Waals surface area contributed by atoms with Crippen LogP contribution in [0.2, 0.25) is 0 Å². The van der Waals surface area contributed by atoms with Crippen LogP contribution in [0, 0.1) is 0 Å². The van der Waals surface area contributed by atoms with Crippen molar-refractivity contribution in [3.05, 3.63) is 0 Å². The quantitative estimate of drug-likeness (QED) is 0.743. The van der Waals surface area contributed by atoms with Gasteiger partial charge in [-0.3, -0.25) is 4.79 Å². The zero-order valence-corrected chi connectivity index (χ0v) is 9.71. The molecule has 1 aliphatic heterocycles. The predicted octanol–water partition coefficient (Wildman–Crippen LogP) is 1.38. The van der Waals surface area contributed by atoms with Crippen molar-refractivity contribution in [2.75, 3.05) is 6.54 Å². The fraction of sp³-hybridized carbons (Fsp3) is 0.909. The maximum atomic E-state index is 12.0. The lowest BCUT2D eigenvalue weighted by atomic mass is 10.0. The third kappa shape index (κ3) is 2.71. The summed E-state index contributed by atoms with van der Waals surface area (Å²) in [4.78, 5) is 13.9. The molecular formula is C11H22N2O. The normalized spacial score (nSPS) is 23.7. The van der Waals surface area contributed by atoms with E-state index in [1.165, 1.54) is 0 Å². The SMILES string of the molecule is CC(C)NC1CCCN(C(C)C)C1=O. The molecule has 1 unspecified atom stereocenters. The Morgan fingerprint density at radius 2 is 2.00 bits per heavy atom. The molecule has 1 rings (SSSR count). The van der Waals surface area contributed by atoms with E-state index in [1.807, 2.05) is 4.90 Å². The molecular weight excluding hydrogens is 176 g/mol. The molecule has 3 heteroatoms. The maximum Gasteiger partial charge on any atom is 0.239 e. The molecule has 0 bridgehead atoms. The Bertz CT molecular complexity index is 201. The van der Waals surface area contributed by atoms with Crippen molar-refractivity contribution in [3.8, 4) is 0 Å². The average Bonchev–Trinajstić information content (AvgIpc) is 2.07. The van der Waals surface area contributed by atoms with Gasteiger partial charge in [-0.05, 0) is 26.7 Å². The minimum absolute atomic E-state index is 0.0474. The zero-order chi connectivity index (χ0) is 10.7. The summed E-state index contributed by atoms with van der Waals surface area (Å²) in [6.45, 7) is 9.25. The number of carbonyl (C=O) groups is 1. The number of carbonyl (C=O) groups excluding carboxylic acids is 1. The fourth-order valence-corrected chi connectivity index (χ4v) is 1.97. The molecule has 1 aliphatic rings. The van der Waals surface area contributed by atoms with Crippen molar-refractivity contribution >= 4 is 5.91 Å². The molecule has 82 valence electrons. The van der Waals surface area contributed by atoms with Crippen LogP contribution in [0.5, 0.6) is 0 Å². The minimum atomic E-state index is 0.0474. The summed E-state index contributed by atoms with van der Waals surface area (Å²) in [7, 11) is 0. The molecule has 0 aromatic rings. The lowest BCUT2D eigenvalue weighted by Gasteiger charge is -2.36. The lowest BCUT2D eigenvalue weighted by Crippen LogP contribution is -2.54. The van der Waals surface area contributed by atoms with Gasteiger partial charge in [0, 0.05) is 18.6 Å². The Kier molecular flexibility index (Phi) is 3.93. The molecule has 1 atom stereocenters. The number of hydrogen-bond donors (Lipinski definition) is 1. The number of rotatable bonds is 3. The number of piperidine rings is 1. The monoisotopic (exact) mass is 198 g/mol. The van der Waals surface area contributed by atoms with Gasteiger partial charge in [-0.25, -0.2) is 0 Å². The molecule has 1 N–H and O–H groups in total. The van der Waals surface area contributed by atoms with Gasteiger partial charge in [0.2, 0.25) is 5.91 Å². The van der Waals surface area contributed by atoms with E-state index in [4.69, 9.17) is 0 Å². The first-order valence-electron chi connectivity index (χ1n) is 5.59. The molecule has 0 aliphatic carbocycles. The second-order valence-electron chi connectivity index (χ2n) is 4.64. The first kappa shape index (κ1) is 11.5. The maximum absolute atomic E-state index is 12.0. The second kappa shape index (κ2) is 4.78. The number of nitrogens with one attached hydrogen (secondary N) is 1. The smallest absolute Gasteiger partial charge is 0.239 e. The Hall–Kier alpha value is -0.570. The zero-order valence-electron chi connectivity index (χ0n) is 9.71. The van der Waals surface area contributed by atoms with Gasteiger partial charge >= 0.3 is 0 Å². The summed E-state index contributed by atoms with van der Waals surface area (Å²) in [6, 6.07) is 0.765. The summed E-state index contributed by atoms with van der Waals surface area (Å²) < 4.78 is 0. The van der Waals surface area contributed by atoms with Crippen LogP contribution in [0.15, 0.2) is 0 Å². The molecule has 0 radical (unpaired) electrons. The fourth-order valence-electron chi connectivity index (χ4n) is 1.97. The Balaban J connectivity index is 2.57. The van der Waals surface area contributed by atoms with Gasteiger partial charge in [0.05, 0.1) is 6.04 Å². The van der Waals surface area contributed by atoms with Crippen LogP contribution in [-0.4, -0.2) is 35.5 Å². The summed E-state index contributed by atoms with van der Waals surface area (Å²) in [5, 5.41) is 3.33. The number of nitrogens with zero attached hydrogens (tertiary/aromatic N) is 1. The molecule has 0 spiro atoms. The van der Waals surface area contributed by atoms with Crippen molar-refractivity contribution in [2.45, 2.75) is 58.7 Å². The first-order valence-corrected chi connectivity index (χ1v) is 5.59. The summed E-state index contributed by atoms with van der Waals surface area (Å²) >= 11 is 0. The van der Waals surface area contributed by atoms with Crippen molar-refractivity contribution < 1.29 is 4.79 Å². The van der Waals surface area contributed by atoms with E-state index >= 15 is 0 Å². The van der Waals surface area contributed by atoms with E-state index in [1.54, 1.807) is 0 Å². The first-order chi connectivity index (χ1) is 6.52. The summed E-state index contributed by atoms with van der Waals surface area (Å²) in [5.41, 5.74) is 0. The highest BCUT2D eigenvalue weighted by Gasteiger charge is 2.29. The molecule has 0 aromatic carbocycles. The van der Waals surface area contributed by atoms with Gasteiger partial charge in [-0.15, -0.1) is 0 Å². The van der Waals surface area contributed by atoms with Gasteiger partial charge in [-0.2, -0.15) is 0 Å². The summed E-state index contributed by atoms with van der Waals surface area (Å²) in [5.74, 6) is 0.278. The van der Waals surface area contributed by atoms with E-state index in [-0.39, 0.29) is 11.9 Å². The van der Waals surface area contributed by atoms with Gasteiger partial charge in [0.1, 0.15) is 0 Å². The van der Waals surface area contributed by atoms with Crippen LogP contribution in [0.4, 0.5) is 0 Å². The molecule has 1 fully saturated rings. The lowest BCUT2D eigenvalue weighted by molar-refractivity contribution is -0.138. The van der Waals surface area contributed by atoms with Gasteiger partial charge in [-0.1, -0.05) is 13.8 Å². The van der Waals surface area contributed by atoms with E-state index in [0.29, 0.717) is 12.1 Å². The highest BCUT2D eigenvalue weighted by atomic mass is 16.2. The number of likely N-dealkylation sites (tertiary alicyclic amines) is 1. The highest BCUT2D eigenvalue weighted by molar-refractivity contribution is 5.82. The number of hydrogen-bond acceptors (Lipinski definition) is 2. The molecule has 1 amide bonds. The van der Waals surface area contributed by atoms with Crippen molar-refractivity contribution in [1.82, 2.24) is 10.2 Å². The van der Waals surface area contributed by atoms with Crippen molar-refractivity contribution in [2.24, 2.45) is 0 Å². The minimum Gasteiger partial charge on any atom is -0.339 e. The predicted molar refractivity (Wildman–Crippen MR) is 58.1 cm³/mol. The van der Waals surface area contributed by atoms with Crippen molar-refractivity contribution in [1.29, 1.82) is 0 Å². The van der Waals surface area contributed by atoms with Gasteiger partial charge < -0.3 is 10.2 Å². The van der Waals surface area contributed by atoms with Gasteiger partial charge in [0.15, 0.2) is 0 Å². The Morgan fingerprint density at radius 1 is 1.36 bits per heavy atom. The topological polar surface area (TPSA) is 32.3 Å². The van der Waals surface area contributed by atoms with Crippen LogP contribution in [0.1, 0.15) is 40.5 Å².